The molecule has 0 heterocycles. The van der Waals surface area contributed by atoms with Crippen LogP contribution >= 0.6 is 0 Å². The number of allylic oxidation sites excluding steroid dienone is 8. The van der Waals surface area contributed by atoms with E-state index in [1.807, 2.05) is 3.28 Å². The van der Waals surface area contributed by atoms with Crippen LogP contribution < -0.4 is 0 Å². The Labute approximate surface area is 128 Å². The molecule has 4 aliphatic rings. The van der Waals surface area contributed by atoms with Crippen molar-refractivity contribution < 1.29 is 23.2 Å². The molecule has 0 aromatic rings. The van der Waals surface area contributed by atoms with Gasteiger partial charge in [-0.3, -0.25) is 0 Å². The van der Waals surface area contributed by atoms with Crippen molar-refractivity contribution in [1.82, 2.24) is 0 Å². The first-order chi connectivity index (χ1) is 9.43. The van der Waals surface area contributed by atoms with E-state index in [0.717, 1.165) is 27.3 Å². The first-order valence-electron chi connectivity index (χ1n) is 7.91. The van der Waals surface area contributed by atoms with E-state index < -0.39 is 0 Å². The van der Waals surface area contributed by atoms with Crippen molar-refractivity contribution in [3.63, 3.8) is 0 Å². The molecule has 0 aromatic heterocycles. The van der Waals surface area contributed by atoms with E-state index in [-0.39, 0.29) is 23.2 Å². The average Bonchev–Trinajstić information content (AvgIpc) is 3.08. The van der Waals surface area contributed by atoms with E-state index in [1.54, 1.807) is 0 Å². The second-order valence-corrected chi connectivity index (χ2v) is 10.5. The van der Waals surface area contributed by atoms with Crippen molar-refractivity contribution >= 4 is 0 Å². The van der Waals surface area contributed by atoms with Gasteiger partial charge in [-0.25, -0.2) is 0 Å². The van der Waals surface area contributed by atoms with Crippen LogP contribution in [0.3, 0.4) is 0 Å². The van der Waals surface area contributed by atoms with Gasteiger partial charge < -0.3 is 0 Å². The molecular formula is C18H22Zr. The molecule has 2 fully saturated rings. The van der Waals surface area contributed by atoms with Crippen molar-refractivity contribution in [2.45, 2.75) is 35.7 Å². The Balaban J connectivity index is 1.60. The van der Waals surface area contributed by atoms with Crippen LogP contribution in [-0.2, 0) is 23.2 Å². The minimum absolute atomic E-state index is 0.369. The van der Waals surface area contributed by atoms with Crippen molar-refractivity contribution in [2.24, 2.45) is 23.7 Å². The van der Waals surface area contributed by atoms with Crippen LogP contribution in [-0.4, -0.2) is 0 Å². The SMILES string of the molecule is C1=CC[C]([Zr][CH]2C3C=CC=CC3C3CCCCC32)=C1. The fraction of sp³-hybridized carbons (Fsp3) is 0.556. The summed E-state index contributed by atoms with van der Waals surface area (Å²) in [6, 6.07) is 0. The van der Waals surface area contributed by atoms with Crippen LogP contribution in [0.2, 0.25) is 3.63 Å². The number of fused-ring (bicyclic) bond motifs is 3. The molecule has 0 nitrogen and oxygen atoms in total. The van der Waals surface area contributed by atoms with Gasteiger partial charge in [0.05, 0.1) is 0 Å². The first kappa shape index (κ1) is 12.6. The van der Waals surface area contributed by atoms with Gasteiger partial charge in [0.15, 0.2) is 0 Å². The van der Waals surface area contributed by atoms with Crippen molar-refractivity contribution in [2.75, 3.05) is 0 Å². The van der Waals surface area contributed by atoms with Gasteiger partial charge in [-0.1, -0.05) is 0 Å². The standard InChI is InChI=1S/C13H17.C5H5.Zr/c1-3-7-12-10(5-1)9-11-6-2-4-8-13(11)12;1-2-4-5-3-1;/h1,3,5,7,9-13H,2,4,6,8H2;1-3H,4H2;. The fourth-order valence-electron chi connectivity index (χ4n) is 4.80. The molecule has 0 saturated heterocycles. The molecule has 0 spiro atoms. The molecule has 4 rings (SSSR count). The fourth-order valence-corrected chi connectivity index (χ4v) is 9.74. The van der Waals surface area contributed by atoms with Gasteiger partial charge in [-0.05, 0) is 0 Å². The normalized spacial score (nSPS) is 42.9. The van der Waals surface area contributed by atoms with Crippen LogP contribution in [0.1, 0.15) is 32.1 Å². The van der Waals surface area contributed by atoms with Gasteiger partial charge in [-0.15, -0.1) is 0 Å². The molecule has 0 radical (unpaired) electrons. The Morgan fingerprint density at radius 3 is 2.47 bits per heavy atom. The van der Waals surface area contributed by atoms with Crippen LogP contribution in [0.15, 0.2) is 45.8 Å². The molecule has 2 saturated carbocycles. The third kappa shape index (κ3) is 2.23. The topological polar surface area (TPSA) is 0 Å². The molecular weight excluding hydrogens is 307 g/mol. The van der Waals surface area contributed by atoms with E-state index in [4.69, 9.17) is 0 Å². The molecule has 5 unspecified atom stereocenters. The Hall–Kier alpha value is -0.157. The first-order valence-corrected chi connectivity index (χ1v) is 10.6. The molecule has 5 atom stereocenters. The summed E-state index contributed by atoms with van der Waals surface area (Å²) >= 11 is -0.369. The van der Waals surface area contributed by atoms with E-state index >= 15 is 0 Å². The van der Waals surface area contributed by atoms with Crippen LogP contribution in [0.4, 0.5) is 0 Å². The van der Waals surface area contributed by atoms with Gasteiger partial charge in [-0.2, -0.15) is 0 Å². The summed E-state index contributed by atoms with van der Waals surface area (Å²) in [6.07, 6.45) is 24.2. The molecule has 19 heavy (non-hydrogen) atoms. The van der Waals surface area contributed by atoms with E-state index in [1.165, 1.54) is 32.1 Å². The Bertz CT molecular complexity index is 468. The van der Waals surface area contributed by atoms with Crippen LogP contribution in [0, 0.1) is 23.7 Å². The van der Waals surface area contributed by atoms with Gasteiger partial charge in [0.2, 0.25) is 0 Å². The summed E-state index contributed by atoms with van der Waals surface area (Å²) in [7, 11) is 0. The molecule has 4 aliphatic carbocycles. The van der Waals surface area contributed by atoms with Gasteiger partial charge in [0, 0.05) is 0 Å². The van der Waals surface area contributed by atoms with E-state index in [9.17, 15) is 0 Å². The summed E-state index contributed by atoms with van der Waals surface area (Å²) < 4.78 is 2.94. The summed E-state index contributed by atoms with van der Waals surface area (Å²) in [5.74, 6) is 3.91. The van der Waals surface area contributed by atoms with Gasteiger partial charge in [0.1, 0.15) is 0 Å². The predicted molar refractivity (Wildman–Crippen MR) is 76.3 cm³/mol. The van der Waals surface area contributed by atoms with E-state index in [0.29, 0.717) is 0 Å². The third-order valence-electron chi connectivity index (χ3n) is 5.59. The third-order valence-corrected chi connectivity index (χ3v) is 10.2. The van der Waals surface area contributed by atoms with Gasteiger partial charge >= 0.3 is 128 Å². The number of hydrogen-bond acceptors (Lipinski definition) is 0. The zero-order valence-corrected chi connectivity index (χ0v) is 13.9. The van der Waals surface area contributed by atoms with Gasteiger partial charge in [0.25, 0.3) is 0 Å². The second-order valence-electron chi connectivity index (χ2n) is 6.53. The van der Waals surface area contributed by atoms with Crippen molar-refractivity contribution in [3.8, 4) is 0 Å². The zero-order valence-electron chi connectivity index (χ0n) is 11.5. The minimum atomic E-state index is -0.369. The second kappa shape index (κ2) is 5.32. The molecule has 0 aliphatic heterocycles. The zero-order chi connectivity index (χ0) is 12.7. The van der Waals surface area contributed by atoms with Crippen LogP contribution in [0.25, 0.3) is 0 Å². The maximum atomic E-state index is 2.57. The predicted octanol–water partition coefficient (Wildman–Crippen LogP) is 4.88. The maximum absolute atomic E-state index is 2.57. The molecule has 0 bridgehead atoms. The van der Waals surface area contributed by atoms with Crippen LogP contribution in [0.5, 0.6) is 0 Å². The summed E-state index contributed by atoms with van der Waals surface area (Å²) in [6.45, 7) is 0. The summed E-state index contributed by atoms with van der Waals surface area (Å²) in [5, 5.41) is 0. The Morgan fingerprint density at radius 1 is 0.895 bits per heavy atom. The molecule has 1 heteroatoms. The molecule has 0 aromatic carbocycles. The number of hydrogen-bond donors (Lipinski definition) is 0. The monoisotopic (exact) mass is 328 g/mol. The summed E-state index contributed by atoms with van der Waals surface area (Å²) in [4.78, 5) is 0. The molecule has 98 valence electrons. The Morgan fingerprint density at radius 2 is 1.68 bits per heavy atom. The van der Waals surface area contributed by atoms with E-state index in [2.05, 4.69) is 42.5 Å². The Kier molecular flexibility index (Phi) is 3.52. The van der Waals surface area contributed by atoms with Crippen molar-refractivity contribution in [3.05, 3.63) is 45.8 Å². The summed E-state index contributed by atoms with van der Waals surface area (Å²) in [5.41, 5.74) is 0. The average molecular weight is 330 g/mol. The molecule has 0 amide bonds. The molecule has 0 N–H and O–H groups in total. The quantitative estimate of drug-likeness (QED) is 0.677. The number of rotatable bonds is 2. The van der Waals surface area contributed by atoms with Crippen molar-refractivity contribution in [1.29, 1.82) is 0 Å².